The maximum Gasteiger partial charge on any atom is 0.323 e. The van der Waals surface area contributed by atoms with E-state index in [0.717, 1.165) is 11.3 Å². The summed E-state index contributed by atoms with van der Waals surface area (Å²) in [5.74, 6) is -0.387. The zero-order valence-corrected chi connectivity index (χ0v) is 10.9. The number of pyridine rings is 1. The summed E-state index contributed by atoms with van der Waals surface area (Å²) >= 11 is 0. The van der Waals surface area contributed by atoms with Gasteiger partial charge in [0.15, 0.2) is 0 Å². The lowest BCUT2D eigenvalue weighted by Crippen LogP contribution is -2.39. The standard InChI is InChI=1S/C13H20N2O2/c1-9-6-5-7-15-11(9)8-10(14)12(16)17-13(2,3)4/h5-7,10H,8,14H2,1-4H3/t10-/m1/s1. The van der Waals surface area contributed by atoms with Crippen molar-refractivity contribution in [1.82, 2.24) is 4.98 Å². The summed E-state index contributed by atoms with van der Waals surface area (Å²) < 4.78 is 5.22. The highest BCUT2D eigenvalue weighted by molar-refractivity contribution is 5.76. The summed E-state index contributed by atoms with van der Waals surface area (Å²) in [6.07, 6.45) is 2.10. The molecule has 1 heterocycles. The molecule has 4 heteroatoms. The number of hydrogen-bond acceptors (Lipinski definition) is 4. The summed E-state index contributed by atoms with van der Waals surface area (Å²) in [6, 6.07) is 3.14. The van der Waals surface area contributed by atoms with Gasteiger partial charge in [-0.2, -0.15) is 0 Å². The second-order valence-corrected chi connectivity index (χ2v) is 5.11. The Bertz CT molecular complexity index is 397. The van der Waals surface area contributed by atoms with Crippen molar-refractivity contribution in [3.05, 3.63) is 29.6 Å². The Balaban J connectivity index is 2.64. The topological polar surface area (TPSA) is 65.2 Å². The second kappa shape index (κ2) is 5.27. The van der Waals surface area contributed by atoms with Crippen molar-refractivity contribution in [2.45, 2.75) is 45.8 Å². The van der Waals surface area contributed by atoms with Gasteiger partial charge in [-0.3, -0.25) is 9.78 Å². The maximum absolute atomic E-state index is 11.7. The Labute approximate surface area is 102 Å². The normalized spacial score (nSPS) is 13.2. The summed E-state index contributed by atoms with van der Waals surface area (Å²) in [5.41, 5.74) is 7.18. The molecule has 1 rings (SSSR count). The predicted octanol–water partition coefficient (Wildman–Crippen LogP) is 1.60. The highest BCUT2D eigenvalue weighted by atomic mass is 16.6. The molecule has 0 aliphatic heterocycles. The van der Waals surface area contributed by atoms with Crippen molar-refractivity contribution >= 4 is 5.97 Å². The van der Waals surface area contributed by atoms with Gasteiger partial charge in [-0.1, -0.05) is 6.07 Å². The minimum absolute atomic E-state index is 0.387. The summed E-state index contributed by atoms with van der Waals surface area (Å²) in [5, 5.41) is 0. The number of hydrogen-bond donors (Lipinski definition) is 1. The molecule has 0 radical (unpaired) electrons. The van der Waals surface area contributed by atoms with E-state index >= 15 is 0 Å². The van der Waals surface area contributed by atoms with E-state index in [1.807, 2.05) is 39.8 Å². The SMILES string of the molecule is Cc1cccnc1C[C@@H](N)C(=O)OC(C)(C)C. The van der Waals surface area contributed by atoms with Gasteiger partial charge < -0.3 is 10.5 Å². The Morgan fingerprint density at radius 1 is 1.53 bits per heavy atom. The largest absolute Gasteiger partial charge is 0.459 e. The first kappa shape index (κ1) is 13.6. The first-order valence-electron chi connectivity index (χ1n) is 5.68. The molecule has 0 fully saturated rings. The fourth-order valence-corrected chi connectivity index (χ4v) is 1.40. The van der Waals surface area contributed by atoms with Gasteiger partial charge >= 0.3 is 5.97 Å². The van der Waals surface area contributed by atoms with Gasteiger partial charge in [0.1, 0.15) is 11.6 Å². The maximum atomic E-state index is 11.7. The lowest BCUT2D eigenvalue weighted by Gasteiger charge is -2.22. The number of carbonyl (C=O) groups is 1. The quantitative estimate of drug-likeness (QED) is 0.810. The average Bonchev–Trinajstić information content (AvgIpc) is 2.18. The number of nitrogens with zero attached hydrogens (tertiary/aromatic N) is 1. The van der Waals surface area contributed by atoms with Crippen molar-refractivity contribution in [1.29, 1.82) is 0 Å². The second-order valence-electron chi connectivity index (χ2n) is 5.11. The molecule has 0 spiro atoms. The van der Waals surface area contributed by atoms with E-state index in [4.69, 9.17) is 10.5 Å². The highest BCUT2D eigenvalue weighted by Crippen LogP contribution is 2.11. The molecule has 4 nitrogen and oxygen atoms in total. The molecule has 1 aromatic rings. The van der Waals surface area contributed by atoms with Gasteiger partial charge in [-0.25, -0.2) is 0 Å². The van der Waals surface area contributed by atoms with Gasteiger partial charge in [0.05, 0.1) is 0 Å². The van der Waals surface area contributed by atoms with Crippen LogP contribution in [0.1, 0.15) is 32.0 Å². The monoisotopic (exact) mass is 236 g/mol. The van der Waals surface area contributed by atoms with Crippen molar-refractivity contribution in [3.63, 3.8) is 0 Å². The molecule has 2 N–H and O–H groups in total. The van der Waals surface area contributed by atoms with E-state index < -0.39 is 11.6 Å². The minimum Gasteiger partial charge on any atom is -0.459 e. The molecule has 0 aromatic carbocycles. The predicted molar refractivity (Wildman–Crippen MR) is 66.5 cm³/mol. The van der Waals surface area contributed by atoms with Crippen molar-refractivity contribution in [2.75, 3.05) is 0 Å². The number of nitrogens with two attached hydrogens (primary N) is 1. The van der Waals surface area contributed by atoms with E-state index in [-0.39, 0.29) is 5.97 Å². The molecule has 0 unspecified atom stereocenters. The molecule has 0 bridgehead atoms. The lowest BCUT2D eigenvalue weighted by atomic mass is 10.1. The average molecular weight is 236 g/mol. The fourth-order valence-electron chi connectivity index (χ4n) is 1.40. The van der Waals surface area contributed by atoms with E-state index in [1.54, 1.807) is 6.20 Å². The van der Waals surface area contributed by atoms with Crippen LogP contribution in [0.25, 0.3) is 0 Å². The third-order valence-corrected chi connectivity index (χ3v) is 2.24. The molecule has 0 saturated heterocycles. The third-order valence-electron chi connectivity index (χ3n) is 2.24. The Morgan fingerprint density at radius 3 is 2.71 bits per heavy atom. The molecule has 17 heavy (non-hydrogen) atoms. The van der Waals surface area contributed by atoms with E-state index in [2.05, 4.69) is 4.98 Å². The zero-order chi connectivity index (χ0) is 13.1. The van der Waals surface area contributed by atoms with E-state index in [0.29, 0.717) is 6.42 Å². The minimum atomic E-state index is -0.664. The lowest BCUT2D eigenvalue weighted by molar-refractivity contribution is -0.156. The summed E-state index contributed by atoms with van der Waals surface area (Å²) in [4.78, 5) is 15.9. The molecule has 0 aliphatic carbocycles. The van der Waals surface area contributed by atoms with Crippen molar-refractivity contribution in [2.24, 2.45) is 5.73 Å². The van der Waals surface area contributed by atoms with Gasteiger partial charge in [-0.15, -0.1) is 0 Å². The van der Waals surface area contributed by atoms with E-state index in [1.165, 1.54) is 0 Å². The van der Waals surface area contributed by atoms with Crippen molar-refractivity contribution < 1.29 is 9.53 Å². The Morgan fingerprint density at radius 2 is 2.18 bits per heavy atom. The van der Waals surface area contributed by atoms with Crippen LogP contribution in [0.15, 0.2) is 18.3 Å². The summed E-state index contributed by atoms with van der Waals surface area (Å²) in [6.45, 7) is 7.42. The zero-order valence-electron chi connectivity index (χ0n) is 10.9. The number of aromatic nitrogens is 1. The fraction of sp³-hybridized carbons (Fsp3) is 0.538. The Kier molecular flexibility index (Phi) is 4.23. The van der Waals surface area contributed by atoms with Crippen LogP contribution >= 0.6 is 0 Å². The number of carbonyl (C=O) groups excluding carboxylic acids is 1. The molecule has 0 amide bonds. The van der Waals surface area contributed by atoms with Gasteiger partial charge in [0, 0.05) is 18.3 Å². The van der Waals surface area contributed by atoms with Crippen LogP contribution in [-0.4, -0.2) is 22.6 Å². The van der Waals surface area contributed by atoms with Crippen LogP contribution in [0.5, 0.6) is 0 Å². The van der Waals surface area contributed by atoms with Crippen LogP contribution in [0.3, 0.4) is 0 Å². The number of ether oxygens (including phenoxy) is 1. The molecular formula is C13H20N2O2. The Hall–Kier alpha value is -1.42. The first-order chi connectivity index (χ1) is 7.79. The molecule has 94 valence electrons. The molecule has 0 saturated carbocycles. The third kappa shape index (κ3) is 4.53. The van der Waals surface area contributed by atoms with Crippen LogP contribution in [0.2, 0.25) is 0 Å². The van der Waals surface area contributed by atoms with Crippen LogP contribution in [0.4, 0.5) is 0 Å². The molecular weight excluding hydrogens is 216 g/mol. The highest BCUT2D eigenvalue weighted by Gasteiger charge is 2.22. The van der Waals surface area contributed by atoms with E-state index in [9.17, 15) is 4.79 Å². The number of aryl methyl sites for hydroxylation is 1. The van der Waals surface area contributed by atoms with Gasteiger partial charge in [0.25, 0.3) is 0 Å². The molecule has 1 atom stereocenters. The number of rotatable bonds is 3. The van der Waals surface area contributed by atoms with Crippen LogP contribution < -0.4 is 5.73 Å². The smallest absolute Gasteiger partial charge is 0.323 e. The van der Waals surface area contributed by atoms with Crippen molar-refractivity contribution in [3.8, 4) is 0 Å². The van der Waals surface area contributed by atoms with Crippen LogP contribution in [0, 0.1) is 6.92 Å². The summed E-state index contributed by atoms with van der Waals surface area (Å²) in [7, 11) is 0. The number of esters is 1. The first-order valence-corrected chi connectivity index (χ1v) is 5.68. The van der Waals surface area contributed by atoms with Gasteiger partial charge in [-0.05, 0) is 39.3 Å². The molecule has 1 aromatic heterocycles. The van der Waals surface area contributed by atoms with Crippen LogP contribution in [-0.2, 0) is 16.0 Å². The van der Waals surface area contributed by atoms with Gasteiger partial charge in [0.2, 0.25) is 0 Å². The molecule has 0 aliphatic rings.